The Labute approximate surface area is 203 Å². The summed E-state index contributed by atoms with van der Waals surface area (Å²) < 4.78 is 33.4. The zero-order chi connectivity index (χ0) is 24.7. The Morgan fingerprint density at radius 3 is 2.37 bits per heavy atom. The van der Waals surface area contributed by atoms with E-state index in [9.17, 15) is 13.2 Å². The lowest BCUT2D eigenvalue weighted by Crippen LogP contribution is -2.15. The summed E-state index contributed by atoms with van der Waals surface area (Å²) in [6.45, 7) is 0.274. The number of benzene rings is 4. The Morgan fingerprint density at radius 2 is 1.57 bits per heavy atom. The van der Waals surface area contributed by atoms with Gasteiger partial charge in [-0.3, -0.25) is 9.52 Å². The summed E-state index contributed by atoms with van der Waals surface area (Å²) in [6, 6.07) is 30.4. The van der Waals surface area contributed by atoms with Gasteiger partial charge < -0.3 is 10.1 Å². The Bertz CT molecular complexity index is 1500. The number of nitriles is 1. The Hall–Kier alpha value is -4.61. The topological polar surface area (TPSA) is 108 Å². The minimum absolute atomic E-state index is 0.131. The highest BCUT2D eigenvalue weighted by Gasteiger charge is 2.15. The number of nitrogens with one attached hydrogen (secondary N) is 2. The number of sulfonamides is 1. The van der Waals surface area contributed by atoms with Gasteiger partial charge in [-0.05, 0) is 60.2 Å². The Balaban J connectivity index is 1.42. The molecule has 0 spiro atoms. The van der Waals surface area contributed by atoms with Crippen molar-refractivity contribution in [3.63, 3.8) is 0 Å². The zero-order valence-electron chi connectivity index (χ0n) is 18.5. The van der Waals surface area contributed by atoms with Gasteiger partial charge in [-0.15, -0.1) is 0 Å². The second kappa shape index (κ2) is 10.5. The molecule has 4 rings (SSSR count). The molecule has 7 nitrogen and oxygen atoms in total. The molecule has 2 N–H and O–H groups in total. The van der Waals surface area contributed by atoms with Crippen molar-refractivity contribution in [2.75, 3.05) is 10.0 Å². The lowest BCUT2D eigenvalue weighted by molar-refractivity contribution is 0.102. The highest BCUT2D eigenvalue weighted by Crippen LogP contribution is 2.21. The molecular formula is C27H21N3O4S. The van der Waals surface area contributed by atoms with Crippen LogP contribution >= 0.6 is 0 Å². The fourth-order valence-electron chi connectivity index (χ4n) is 3.30. The first kappa shape index (κ1) is 23.5. The molecule has 0 heterocycles. The fraction of sp³-hybridized carbons (Fsp3) is 0.0370. The molecule has 0 bridgehead atoms. The standard InChI is InChI=1S/C27H21N3O4S/c28-18-20-7-4-8-21(15-20)19-34-25-12-6-10-23(17-25)29-27(31)22-9-5-11-24(16-22)30-35(32,33)26-13-2-1-3-14-26/h1-17,30H,19H2,(H,29,31). The van der Waals surface area contributed by atoms with Gasteiger partial charge in [-0.25, -0.2) is 8.42 Å². The normalized spacial score (nSPS) is 10.7. The average Bonchev–Trinajstić information content (AvgIpc) is 2.88. The number of ether oxygens (including phenoxy) is 1. The van der Waals surface area contributed by atoms with E-state index >= 15 is 0 Å². The van der Waals surface area contributed by atoms with Crippen LogP contribution in [0.1, 0.15) is 21.5 Å². The van der Waals surface area contributed by atoms with Crippen molar-refractivity contribution in [3.05, 3.63) is 120 Å². The number of carbonyl (C=O) groups is 1. The minimum atomic E-state index is -3.77. The van der Waals surface area contributed by atoms with Crippen LogP contribution in [0.5, 0.6) is 5.75 Å². The van der Waals surface area contributed by atoms with Crippen LogP contribution < -0.4 is 14.8 Å². The molecule has 0 saturated carbocycles. The van der Waals surface area contributed by atoms with E-state index in [0.29, 0.717) is 17.0 Å². The first-order chi connectivity index (χ1) is 16.9. The first-order valence-electron chi connectivity index (χ1n) is 10.6. The third-order valence-electron chi connectivity index (χ3n) is 4.98. The molecule has 0 aliphatic carbocycles. The molecule has 174 valence electrons. The van der Waals surface area contributed by atoms with Crippen LogP contribution in [0.4, 0.5) is 11.4 Å². The van der Waals surface area contributed by atoms with Gasteiger partial charge in [0.1, 0.15) is 12.4 Å². The van der Waals surface area contributed by atoms with Gasteiger partial charge in [-0.1, -0.05) is 42.5 Å². The fourth-order valence-corrected chi connectivity index (χ4v) is 4.37. The van der Waals surface area contributed by atoms with E-state index in [-0.39, 0.29) is 22.8 Å². The van der Waals surface area contributed by atoms with Gasteiger partial charge in [-0.2, -0.15) is 5.26 Å². The highest BCUT2D eigenvalue weighted by molar-refractivity contribution is 7.92. The summed E-state index contributed by atoms with van der Waals surface area (Å²) in [5.41, 5.74) is 2.50. The molecule has 0 saturated heterocycles. The largest absolute Gasteiger partial charge is 0.489 e. The number of rotatable bonds is 8. The number of anilines is 2. The van der Waals surface area contributed by atoms with E-state index in [1.807, 2.05) is 6.07 Å². The maximum Gasteiger partial charge on any atom is 0.261 e. The van der Waals surface area contributed by atoms with Crippen molar-refractivity contribution in [1.82, 2.24) is 0 Å². The van der Waals surface area contributed by atoms with Crippen LogP contribution in [-0.4, -0.2) is 14.3 Å². The van der Waals surface area contributed by atoms with E-state index in [2.05, 4.69) is 16.1 Å². The van der Waals surface area contributed by atoms with Gasteiger partial charge in [0, 0.05) is 23.0 Å². The Morgan fingerprint density at radius 1 is 0.829 bits per heavy atom. The van der Waals surface area contributed by atoms with E-state index in [1.54, 1.807) is 78.9 Å². The van der Waals surface area contributed by atoms with Crippen molar-refractivity contribution in [3.8, 4) is 11.8 Å². The van der Waals surface area contributed by atoms with Crippen LogP contribution in [0.2, 0.25) is 0 Å². The lowest BCUT2D eigenvalue weighted by atomic mass is 10.1. The quantitative estimate of drug-likeness (QED) is 0.359. The molecule has 1 amide bonds. The molecule has 4 aromatic rings. The predicted octanol–water partition coefficient (Wildman–Crippen LogP) is 5.19. The van der Waals surface area contributed by atoms with E-state index in [0.717, 1.165) is 5.56 Å². The molecule has 0 unspecified atom stereocenters. The van der Waals surface area contributed by atoms with Crippen molar-refractivity contribution in [1.29, 1.82) is 5.26 Å². The molecule has 0 atom stereocenters. The molecule has 4 aromatic carbocycles. The van der Waals surface area contributed by atoms with Crippen LogP contribution in [0.25, 0.3) is 0 Å². The predicted molar refractivity (Wildman–Crippen MR) is 134 cm³/mol. The second-order valence-electron chi connectivity index (χ2n) is 7.58. The van der Waals surface area contributed by atoms with Gasteiger partial charge in [0.25, 0.3) is 15.9 Å². The summed E-state index contributed by atoms with van der Waals surface area (Å²) in [6.07, 6.45) is 0. The van der Waals surface area contributed by atoms with Gasteiger partial charge in [0.2, 0.25) is 0 Å². The minimum Gasteiger partial charge on any atom is -0.489 e. The summed E-state index contributed by atoms with van der Waals surface area (Å²) in [5.74, 6) is 0.152. The molecule has 35 heavy (non-hydrogen) atoms. The number of hydrogen-bond acceptors (Lipinski definition) is 5. The second-order valence-corrected chi connectivity index (χ2v) is 9.26. The van der Waals surface area contributed by atoms with E-state index in [1.165, 1.54) is 18.2 Å². The molecule has 0 aromatic heterocycles. The zero-order valence-corrected chi connectivity index (χ0v) is 19.3. The SMILES string of the molecule is N#Cc1cccc(COc2cccc(NC(=O)c3cccc(NS(=O)(=O)c4ccccc4)c3)c2)c1. The van der Waals surface area contributed by atoms with Crippen molar-refractivity contribution >= 4 is 27.3 Å². The third-order valence-corrected chi connectivity index (χ3v) is 6.38. The summed E-state index contributed by atoms with van der Waals surface area (Å²) in [4.78, 5) is 12.9. The van der Waals surface area contributed by atoms with Crippen LogP contribution in [0.15, 0.2) is 108 Å². The molecule has 0 aliphatic heterocycles. The average molecular weight is 484 g/mol. The smallest absolute Gasteiger partial charge is 0.261 e. The lowest BCUT2D eigenvalue weighted by Gasteiger charge is -2.11. The first-order valence-corrected chi connectivity index (χ1v) is 12.1. The molecule has 0 radical (unpaired) electrons. The number of amides is 1. The van der Waals surface area contributed by atoms with Crippen molar-refractivity contribution < 1.29 is 17.9 Å². The van der Waals surface area contributed by atoms with Gasteiger partial charge in [0.05, 0.1) is 16.5 Å². The van der Waals surface area contributed by atoms with E-state index in [4.69, 9.17) is 10.00 Å². The molecule has 0 aliphatic rings. The Kier molecular flexibility index (Phi) is 7.10. The summed E-state index contributed by atoms with van der Waals surface area (Å²) in [5, 5.41) is 11.8. The number of hydrogen-bond donors (Lipinski definition) is 2. The van der Waals surface area contributed by atoms with Crippen LogP contribution in [0, 0.1) is 11.3 Å². The molecular weight excluding hydrogens is 462 g/mol. The monoisotopic (exact) mass is 483 g/mol. The van der Waals surface area contributed by atoms with Crippen LogP contribution in [-0.2, 0) is 16.6 Å². The molecule has 8 heteroatoms. The van der Waals surface area contributed by atoms with Gasteiger partial charge >= 0.3 is 0 Å². The maximum atomic E-state index is 12.8. The highest BCUT2D eigenvalue weighted by atomic mass is 32.2. The summed E-state index contributed by atoms with van der Waals surface area (Å²) >= 11 is 0. The van der Waals surface area contributed by atoms with E-state index < -0.39 is 15.9 Å². The van der Waals surface area contributed by atoms with Crippen molar-refractivity contribution in [2.24, 2.45) is 0 Å². The number of nitrogens with zero attached hydrogens (tertiary/aromatic N) is 1. The summed E-state index contributed by atoms with van der Waals surface area (Å²) in [7, 11) is -3.77. The maximum absolute atomic E-state index is 12.8. The van der Waals surface area contributed by atoms with Crippen LogP contribution in [0.3, 0.4) is 0 Å². The van der Waals surface area contributed by atoms with Gasteiger partial charge in [0.15, 0.2) is 0 Å². The number of carbonyl (C=O) groups excluding carboxylic acids is 1. The third kappa shape index (κ3) is 6.25. The van der Waals surface area contributed by atoms with Crippen molar-refractivity contribution in [2.45, 2.75) is 11.5 Å². The molecule has 0 fully saturated rings.